The predicted octanol–water partition coefficient (Wildman–Crippen LogP) is 3.97. The highest BCUT2D eigenvalue weighted by atomic mass is 35.5. The zero-order valence-electron chi connectivity index (χ0n) is 15.8. The van der Waals surface area contributed by atoms with Gasteiger partial charge in [-0.1, -0.05) is 62.4 Å². The molecule has 0 saturated carbocycles. The van der Waals surface area contributed by atoms with E-state index in [1.165, 1.54) is 41.5 Å². The fourth-order valence-corrected chi connectivity index (χ4v) is 3.55. The third-order valence-electron chi connectivity index (χ3n) is 4.17. The number of rotatable bonds is 11. The molecule has 0 aliphatic heterocycles. The number of benzene rings is 1. The minimum absolute atomic E-state index is 0.0804. The van der Waals surface area contributed by atoms with E-state index >= 15 is 0 Å². The molecule has 0 saturated heterocycles. The number of hydrogen-bond donors (Lipinski definition) is 0. The van der Waals surface area contributed by atoms with Gasteiger partial charge in [0, 0.05) is 10.8 Å². The van der Waals surface area contributed by atoms with E-state index in [4.69, 9.17) is 16.0 Å². The zero-order valence-corrected chi connectivity index (χ0v) is 17.3. The van der Waals surface area contributed by atoms with Gasteiger partial charge in [0.2, 0.25) is 5.89 Å². The summed E-state index contributed by atoms with van der Waals surface area (Å²) in [5.41, 5.74) is 0.197. The first-order valence-corrected chi connectivity index (χ1v) is 10.8. The third kappa shape index (κ3) is 5.68. The van der Waals surface area contributed by atoms with Gasteiger partial charge in [0.15, 0.2) is 0 Å². The Morgan fingerprint density at radius 3 is 2.57 bits per heavy atom. The second-order valence-corrected chi connectivity index (χ2v) is 7.87. The van der Waals surface area contributed by atoms with Crippen LogP contribution in [0, 0.1) is 0 Å². The lowest BCUT2D eigenvalue weighted by Crippen LogP contribution is -2.24. The van der Waals surface area contributed by atoms with Gasteiger partial charge >= 0.3 is 5.69 Å². The van der Waals surface area contributed by atoms with Crippen LogP contribution in [0.3, 0.4) is 0 Å². The Labute approximate surface area is 172 Å². The van der Waals surface area contributed by atoms with E-state index in [1.807, 2.05) is 0 Å². The first-order valence-electron chi connectivity index (χ1n) is 9.41. The Hall–Kier alpha value is -2.13. The van der Waals surface area contributed by atoms with E-state index in [9.17, 15) is 4.79 Å². The predicted molar refractivity (Wildman–Crippen MR) is 108 cm³/mol. The fourth-order valence-electron chi connectivity index (χ4n) is 2.65. The lowest BCUT2D eigenvalue weighted by molar-refractivity contribution is 0.393. The highest BCUT2D eigenvalue weighted by Gasteiger charge is 2.13. The Morgan fingerprint density at radius 1 is 1.04 bits per heavy atom. The van der Waals surface area contributed by atoms with Crippen LogP contribution in [-0.4, -0.2) is 35.7 Å². The van der Waals surface area contributed by atoms with Gasteiger partial charge in [0.25, 0.3) is 5.22 Å². The Bertz CT molecular complexity index is 921. The second kappa shape index (κ2) is 10.4. The van der Waals surface area contributed by atoms with Crippen molar-refractivity contribution >= 4 is 23.4 Å². The molecule has 28 heavy (non-hydrogen) atoms. The molecule has 8 nitrogen and oxygen atoms in total. The summed E-state index contributed by atoms with van der Waals surface area (Å²) >= 11 is 7.41. The van der Waals surface area contributed by atoms with Crippen LogP contribution in [-0.2, 0) is 6.54 Å². The van der Waals surface area contributed by atoms with Gasteiger partial charge in [-0.15, -0.1) is 10.2 Å². The summed E-state index contributed by atoms with van der Waals surface area (Å²) in [6.07, 6.45) is 7.49. The molecule has 0 atom stereocenters. The molecule has 0 spiro atoms. The Morgan fingerprint density at radius 2 is 1.79 bits per heavy atom. The van der Waals surface area contributed by atoms with Gasteiger partial charge in [-0.2, -0.15) is 9.36 Å². The van der Waals surface area contributed by atoms with Crippen molar-refractivity contribution in [2.24, 2.45) is 0 Å². The van der Waals surface area contributed by atoms with Crippen LogP contribution >= 0.6 is 23.4 Å². The molecule has 0 aliphatic rings. The minimum Gasteiger partial charge on any atom is -0.414 e. The Balaban J connectivity index is 1.51. The van der Waals surface area contributed by atoms with Crippen molar-refractivity contribution in [3.63, 3.8) is 0 Å². The third-order valence-corrected chi connectivity index (χ3v) is 5.32. The molecule has 0 amide bonds. The van der Waals surface area contributed by atoms with Crippen molar-refractivity contribution in [3.05, 3.63) is 45.7 Å². The minimum atomic E-state index is -0.387. The first-order chi connectivity index (χ1) is 13.7. The molecule has 3 rings (SSSR count). The van der Waals surface area contributed by atoms with E-state index in [2.05, 4.69) is 27.5 Å². The number of hydrogen-bond acceptors (Lipinski definition) is 7. The number of unbranched alkanes of at least 4 members (excludes halogenated alkanes) is 5. The second-order valence-electron chi connectivity index (χ2n) is 6.39. The molecule has 150 valence electrons. The number of tetrazole rings is 1. The topological polar surface area (TPSA) is 91.6 Å². The lowest BCUT2D eigenvalue weighted by Gasteiger charge is -1.99. The molecule has 2 aromatic heterocycles. The maximum absolute atomic E-state index is 12.5. The number of halogens is 1. The molecule has 0 aliphatic carbocycles. The van der Waals surface area contributed by atoms with Crippen molar-refractivity contribution < 1.29 is 4.42 Å². The number of nitrogens with zero attached hydrogens (tertiary/aromatic N) is 6. The summed E-state index contributed by atoms with van der Waals surface area (Å²) < 4.78 is 7.99. The van der Waals surface area contributed by atoms with Gasteiger partial charge in [0.05, 0.1) is 5.69 Å². The highest BCUT2D eigenvalue weighted by molar-refractivity contribution is 7.99. The average Bonchev–Trinajstić information content (AvgIpc) is 3.29. The SMILES string of the molecule is CCCCCCCCSc1nnc(Cn2nnn(-c3ccc(Cl)cc3)c2=O)o1. The van der Waals surface area contributed by atoms with E-state index < -0.39 is 0 Å². The monoisotopic (exact) mass is 422 g/mol. The average molecular weight is 423 g/mol. The Kier molecular flexibility index (Phi) is 7.67. The summed E-state index contributed by atoms with van der Waals surface area (Å²) in [6.45, 7) is 2.30. The number of thioether (sulfide) groups is 1. The van der Waals surface area contributed by atoms with Crippen molar-refractivity contribution in [3.8, 4) is 5.69 Å². The van der Waals surface area contributed by atoms with Crippen molar-refractivity contribution in [1.82, 2.24) is 30.0 Å². The molecule has 10 heteroatoms. The molecule has 3 aromatic rings. The lowest BCUT2D eigenvalue weighted by atomic mass is 10.1. The molecule has 0 bridgehead atoms. The largest absolute Gasteiger partial charge is 0.414 e. The standard InChI is InChI=1S/C18H23ClN6O2S/c1-2-3-4-5-6-7-12-28-17-21-20-16(27-17)13-24-18(26)25(23-22-24)15-10-8-14(19)9-11-15/h8-11H,2-7,12-13H2,1H3. The number of aromatic nitrogens is 6. The van der Waals surface area contributed by atoms with Gasteiger partial charge in [-0.3, -0.25) is 0 Å². The molecule has 0 radical (unpaired) electrons. The van der Waals surface area contributed by atoms with Crippen LogP contribution in [0.15, 0.2) is 38.7 Å². The fraction of sp³-hybridized carbons (Fsp3) is 0.500. The van der Waals surface area contributed by atoms with Crippen molar-refractivity contribution in [1.29, 1.82) is 0 Å². The molecule has 1 aromatic carbocycles. The summed E-state index contributed by atoms with van der Waals surface area (Å²) in [6, 6.07) is 6.78. The van der Waals surface area contributed by atoms with Crippen molar-refractivity contribution in [2.45, 2.75) is 57.2 Å². The zero-order chi connectivity index (χ0) is 19.8. The van der Waals surface area contributed by atoms with Gasteiger partial charge < -0.3 is 4.42 Å². The van der Waals surface area contributed by atoms with E-state index in [-0.39, 0.29) is 12.2 Å². The molecular weight excluding hydrogens is 400 g/mol. The molecule has 2 heterocycles. The highest BCUT2D eigenvalue weighted by Crippen LogP contribution is 2.19. The van der Waals surface area contributed by atoms with E-state index in [0.29, 0.717) is 21.8 Å². The maximum atomic E-state index is 12.5. The molecule has 0 N–H and O–H groups in total. The van der Waals surface area contributed by atoms with Gasteiger partial charge in [-0.05, 0) is 41.1 Å². The van der Waals surface area contributed by atoms with Gasteiger partial charge in [0.1, 0.15) is 6.54 Å². The summed E-state index contributed by atoms with van der Waals surface area (Å²) in [5, 5.41) is 16.9. The van der Waals surface area contributed by atoms with E-state index in [0.717, 1.165) is 12.2 Å². The van der Waals surface area contributed by atoms with Crippen LogP contribution in [0.2, 0.25) is 5.02 Å². The quantitative estimate of drug-likeness (QED) is 0.341. The summed E-state index contributed by atoms with van der Waals surface area (Å²) in [5.74, 6) is 1.27. The van der Waals surface area contributed by atoms with Crippen LogP contribution < -0.4 is 5.69 Å². The molecule has 0 unspecified atom stereocenters. The van der Waals surface area contributed by atoms with Crippen LogP contribution in [0.5, 0.6) is 0 Å². The first kappa shape index (κ1) is 20.6. The molecular formula is C18H23ClN6O2S. The van der Waals surface area contributed by atoms with Crippen LogP contribution in [0.25, 0.3) is 5.69 Å². The van der Waals surface area contributed by atoms with E-state index in [1.54, 1.807) is 36.0 Å². The molecule has 0 fully saturated rings. The normalized spacial score (nSPS) is 11.2. The van der Waals surface area contributed by atoms with Crippen LogP contribution in [0.4, 0.5) is 0 Å². The summed E-state index contributed by atoms with van der Waals surface area (Å²) in [7, 11) is 0. The summed E-state index contributed by atoms with van der Waals surface area (Å²) in [4.78, 5) is 12.5. The van der Waals surface area contributed by atoms with Crippen molar-refractivity contribution in [2.75, 3.05) is 5.75 Å². The smallest absolute Gasteiger partial charge is 0.368 e. The van der Waals surface area contributed by atoms with Crippen LogP contribution in [0.1, 0.15) is 51.3 Å². The van der Waals surface area contributed by atoms with Gasteiger partial charge in [-0.25, -0.2) is 4.79 Å². The maximum Gasteiger partial charge on any atom is 0.368 e.